The van der Waals surface area contributed by atoms with Gasteiger partial charge in [-0.15, -0.1) is 5.10 Å². The number of benzene rings is 2. The first-order chi connectivity index (χ1) is 21.7. The van der Waals surface area contributed by atoms with E-state index in [0.29, 0.717) is 27.9 Å². The zero-order valence-corrected chi connectivity index (χ0v) is 27.8. The van der Waals surface area contributed by atoms with Crippen molar-refractivity contribution >= 4 is 50.8 Å². The Kier molecular flexibility index (Phi) is 13.9. The lowest BCUT2D eigenvalue weighted by molar-refractivity contribution is -0.126. The van der Waals surface area contributed by atoms with E-state index in [1.807, 2.05) is 0 Å². The van der Waals surface area contributed by atoms with E-state index in [-0.39, 0.29) is 56.7 Å². The molecule has 14 nitrogen and oxygen atoms in total. The van der Waals surface area contributed by atoms with Crippen LogP contribution in [0.4, 0.5) is 0 Å². The van der Waals surface area contributed by atoms with Gasteiger partial charge in [-0.3, -0.25) is 9.59 Å². The van der Waals surface area contributed by atoms with Crippen molar-refractivity contribution in [3.05, 3.63) is 75.5 Å². The van der Waals surface area contributed by atoms with Crippen molar-refractivity contribution in [1.82, 2.24) is 30.8 Å². The molecule has 0 saturated heterocycles. The molecule has 0 fully saturated rings. The number of halogens is 2. The van der Waals surface area contributed by atoms with Crippen LogP contribution in [0.15, 0.2) is 48.5 Å². The first-order valence-corrected chi connectivity index (χ1v) is 16.9. The molecule has 250 valence electrons. The summed E-state index contributed by atoms with van der Waals surface area (Å²) in [6, 6.07) is 12.5. The van der Waals surface area contributed by atoms with Crippen molar-refractivity contribution in [3.63, 3.8) is 0 Å². The maximum atomic E-state index is 12.7. The van der Waals surface area contributed by atoms with Crippen LogP contribution in [0, 0.1) is 0 Å². The van der Waals surface area contributed by atoms with Gasteiger partial charge >= 0.3 is 5.97 Å². The summed E-state index contributed by atoms with van der Waals surface area (Å²) in [7, 11) is -3.57. The number of aromatic nitrogens is 4. The molecule has 3 rings (SSSR count). The average Bonchev–Trinajstić information content (AvgIpc) is 3.44. The molecule has 0 aliphatic carbocycles. The van der Waals surface area contributed by atoms with E-state index >= 15 is 0 Å². The lowest BCUT2D eigenvalue weighted by Gasteiger charge is -2.24. The van der Waals surface area contributed by atoms with E-state index in [9.17, 15) is 22.8 Å². The van der Waals surface area contributed by atoms with Crippen molar-refractivity contribution in [2.75, 3.05) is 31.3 Å². The van der Waals surface area contributed by atoms with Gasteiger partial charge in [-0.2, -0.15) is 0 Å². The smallest absolute Gasteiger partial charge is 0.338 e. The fraction of sp³-hybridized carbons (Fsp3) is 0.448. The van der Waals surface area contributed by atoms with Crippen molar-refractivity contribution in [3.8, 4) is 0 Å². The monoisotopic (exact) mass is 697 g/mol. The van der Waals surface area contributed by atoms with Gasteiger partial charge in [-0.05, 0) is 66.6 Å². The lowest BCUT2D eigenvalue weighted by atomic mass is 10.1. The topological polar surface area (TPSA) is 197 Å². The molecule has 0 aliphatic rings. The summed E-state index contributed by atoms with van der Waals surface area (Å²) in [5, 5.41) is 18.1. The molecular weight excluding hydrogens is 661 g/mol. The summed E-state index contributed by atoms with van der Waals surface area (Å²) >= 11 is 12.1. The molecule has 4 N–H and O–H groups in total. The van der Waals surface area contributed by atoms with E-state index < -0.39 is 33.3 Å². The molecule has 1 atom stereocenters. The highest BCUT2D eigenvalue weighted by Crippen LogP contribution is 2.20. The van der Waals surface area contributed by atoms with Crippen molar-refractivity contribution in [1.29, 1.82) is 0 Å². The number of tetrazole rings is 1. The lowest BCUT2D eigenvalue weighted by Crippen LogP contribution is -2.51. The third-order valence-corrected chi connectivity index (χ3v) is 8.43. The molecule has 17 heteroatoms. The van der Waals surface area contributed by atoms with E-state index in [1.165, 1.54) is 4.68 Å². The molecule has 3 aromatic rings. The average molecular weight is 699 g/mol. The van der Waals surface area contributed by atoms with Crippen LogP contribution < -0.4 is 16.4 Å². The van der Waals surface area contributed by atoms with Crippen molar-refractivity contribution < 1.29 is 32.3 Å². The van der Waals surface area contributed by atoms with Crippen LogP contribution in [0.2, 0.25) is 10.0 Å². The fourth-order valence-electron chi connectivity index (χ4n) is 3.98. The number of rotatable bonds is 18. The Bertz CT molecular complexity index is 1560. The number of hydrogen-bond donors (Lipinski definition) is 3. The molecule has 2 amide bonds. The van der Waals surface area contributed by atoms with Crippen LogP contribution >= 0.6 is 23.2 Å². The molecule has 1 aromatic heterocycles. The first-order valence-electron chi connectivity index (χ1n) is 14.3. The van der Waals surface area contributed by atoms with Gasteiger partial charge in [0.25, 0.3) is 0 Å². The van der Waals surface area contributed by atoms with Crippen molar-refractivity contribution in [2.45, 2.75) is 51.4 Å². The Morgan fingerprint density at radius 2 is 1.76 bits per heavy atom. The molecule has 0 spiro atoms. The molecule has 1 heterocycles. The maximum absolute atomic E-state index is 12.7. The van der Waals surface area contributed by atoms with E-state index in [0.717, 1.165) is 5.56 Å². The number of nitrogens with two attached hydrogens (primary N) is 1. The highest BCUT2D eigenvalue weighted by Gasteiger charge is 2.28. The van der Waals surface area contributed by atoms with Gasteiger partial charge in [-0.1, -0.05) is 41.4 Å². The summed E-state index contributed by atoms with van der Waals surface area (Å²) in [6.45, 7) is 3.10. The van der Waals surface area contributed by atoms with Crippen LogP contribution in [0.5, 0.6) is 0 Å². The number of esters is 1. The Hall–Kier alpha value is -3.63. The maximum Gasteiger partial charge on any atom is 0.338 e. The second kappa shape index (κ2) is 17.3. The number of sulfone groups is 1. The molecule has 0 unspecified atom stereocenters. The van der Waals surface area contributed by atoms with Gasteiger partial charge < -0.3 is 25.8 Å². The molecule has 0 bridgehead atoms. The van der Waals surface area contributed by atoms with E-state index in [2.05, 4.69) is 26.2 Å². The van der Waals surface area contributed by atoms with E-state index in [1.54, 1.807) is 62.4 Å². The van der Waals surface area contributed by atoms with Gasteiger partial charge in [-0.25, -0.2) is 17.9 Å². The number of amides is 2. The molecule has 2 aromatic carbocycles. The minimum Gasteiger partial charge on any atom is -0.461 e. The van der Waals surface area contributed by atoms with Gasteiger partial charge in [0.05, 0.1) is 35.8 Å². The largest absolute Gasteiger partial charge is 0.461 e. The number of carbonyl (C=O) groups excluding carboxylic acids is 3. The predicted molar refractivity (Wildman–Crippen MR) is 171 cm³/mol. The standard InChI is InChI=1S/C29H37Cl2N7O7S/c1-29(2,32)28(41)34-24(19-44-18-20-15-22(30)17-23(31)16-20)26-35-36-37-38(26)11-6-9-25(39)33-10-13-46(42,43)14-12-45-27(40)21-7-4-3-5-8-21/h3-5,7-8,15-17,24H,6,9-14,18-19,32H2,1-2H3,(H,33,39)(H,34,41)/t24-/m1/s1. The molecule has 0 radical (unpaired) electrons. The van der Waals surface area contributed by atoms with E-state index in [4.69, 9.17) is 38.4 Å². The Morgan fingerprint density at radius 1 is 1.07 bits per heavy atom. The number of nitrogens with zero attached hydrogens (tertiary/aromatic N) is 4. The SMILES string of the molecule is CC(C)(N)C(=O)N[C@H](COCc1cc(Cl)cc(Cl)c1)c1nnnn1CCCC(=O)NCCS(=O)(=O)CCOC(=O)c1ccccc1. The number of ether oxygens (including phenoxy) is 2. The highest BCUT2D eigenvalue weighted by atomic mass is 35.5. The Balaban J connectivity index is 1.46. The van der Waals surface area contributed by atoms with Crippen LogP contribution in [0.1, 0.15) is 54.5 Å². The third-order valence-electron chi connectivity index (χ3n) is 6.38. The van der Waals surface area contributed by atoms with Crippen LogP contribution in [-0.4, -0.2) is 83.2 Å². The first kappa shape index (κ1) is 36.8. The van der Waals surface area contributed by atoms with Crippen LogP contribution in [-0.2, 0) is 42.1 Å². The molecule has 0 aliphatic heterocycles. The third kappa shape index (κ3) is 12.6. The number of nitrogens with one attached hydrogen (secondary N) is 2. The van der Waals surface area contributed by atoms with Gasteiger partial charge in [0.15, 0.2) is 15.7 Å². The summed E-state index contributed by atoms with van der Waals surface area (Å²) < 4.78 is 36.9. The molecule has 46 heavy (non-hydrogen) atoms. The Morgan fingerprint density at radius 3 is 2.43 bits per heavy atom. The molecule has 0 saturated carbocycles. The summed E-state index contributed by atoms with van der Waals surface area (Å²) in [6.07, 6.45) is 0.379. The number of aryl methyl sites for hydroxylation is 1. The normalized spacial score (nSPS) is 12.4. The summed E-state index contributed by atoms with van der Waals surface area (Å²) in [4.78, 5) is 37.0. The highest BCUT2D eigenvalue weighted by molar-refractivity contribution is 7.91. The van der Waals surface area contributed by atoms with Gasteiger partial charge in [0.2, 0.25) is 11.8 Å². The van der Waals surface area contributed by atoms with Gasteiger partial charge in [0, 0.05) is 29.6 Å². The second-order valence-electron chi connectivity index (χ2n) is 10.9. The fourth-order valence-corrected chi connectivity index (χ4v) is 5.50. The van der Waals surface area contributed by atoms with Gasteiger partial charge in [0.1, 0.15) is 12.6 Å². The number of hydrogen-bond acceptors (Lipinski definition) is 11. The minimum absolute atomic E-state index is 0.00720. The predicted octanol–water partition coefficient (Wildman–Crippen LogP) is 2.26. The van der Waals surface area contributed by atoms with Crippen LogP contribution in [0.3, 0.4) is 0 Å². The second-order valence-corrected chi connectivity index (χ2v) is 14.1. The Labute approximate surface area is 277 Å². The molecular formula is C29H37Cl2N7O7S. The van der Waals surface area contributed by atoms with Crippen molar-refractivity contribution in [2.24, 2.45) is 5.73 Å². The van der Waals surface area contributed by atoms with Crippen LogP contribution in [0.25, 0.3) is 0 Å². The number of carbonyl (C=O) groups is 3. The zero-order chi connectivity index (χ0) is 33.7. The quantitative estimate of drug-likeness (QED) is 0.165. The minimum atomic E-state index is -3.57. The summed E-state index contributed by atoms with van der Waals surface area (Å²) in [5.74, 6) is -1.80. The summed E-state index contributed by atoms with van der Waals surface area (Å²) in [5.41, 5.74) is 5.84. The zero-order valence-electron chi connectivity index (χ0n) is 25.4.